The van der Waals surface area contributed by atoms with Crippen LogP contribution in [0.4, 0.5) is 4.39 Å². The minimum Gasteiger partial charge on any atom is -0.206 e. The van der Waals surface area contributed by atoms with Crippen molar-refractivity contribution >= 4 is 20.2 Å². The van der Waals surface area contributed by atoms with Crippen molar-refractivity contribution in [2.45, 2.75) is 38.0 Å². The van der Waals surface area contributed by atoms with Crippen LogP contribution < -0.4 is 0 Å². The first-order valence-electron chi connectivity index (χ1n) is 8.65. The maximum Gasteiger partial charge on any atom is 0.130 e. The lowest BCUT2D eigenvalue weighted by Crippen LogP contribution is -2.42. The van der Waals surface area contributed by atoms with Gasteiger partial charge in [0.05, 0.1) is 8.07 Å². The number of hydrogen-bond donors (Lipinski definition) is 0. The predicted molar refractivity (Wildman–Crippen MR) is 103 cm³/mol. The van der Waals surface area contributed by atoms with E-state index in [4.69, 9.17) is 0 Å². The third-order valence-electron chi connectivity index (χ3n) is 5.86. The fourth-order valence-electron chi connectivity index (χ4n) is 5.13. The molecule has 0 saturated carbocycles. The van der Waals surface area contributed by atoms with Gasteiger partial charge in [0.2, 0.25) is 0 Å². The minimum atomic E-state index is -1.79. The van der Waals surface area contributed by atoms with E-state index in [2.05, 4.69) is 69.4 Å². The maximum absolute atomic E-state index is 14.3. The molecule has 122 valence electrons. The molecule has 2 aliphatic rings. The quantitative estimate of drug-likeness (QED) is 0.564. The highest BCUT2D eigenvalue weighted by atomic mass is 28.3. The van der Waals surface area contributed by atoms with Gasteiger partial charge in [0.25, 0.3) is 0 Å². The zero-order valence-corrected chi connectivity index (χ0v) is 15.7. The summed E-state index contributed by atoms with van der Waals surface area (Å²) in [5.41, 5.74) is 8.49. The first kappa shape index (κ1) is 15.6. The summed E-state index contributed by atoms with van der Waals surface area (Å²) in [5.74, 6) is -0.0850. The third kappa shape index (κ3) is 2.09. The molecule has 0 nitrogen and oxygen atoms in total. The van der Waals surface area contributed by atoms with Gasteiger partial charge in [-0.05, 0) is 36.6 Å². The Morgan fingerprint density at radius 1 is 0.792 bits per heavy atom. The molecule has 0 saturated heterocycles. The summed E-state index contributed by atoms with van der Waals surface area (Å²) in [6.07, 6.45) is 4.42. The van der Waals surface area contributed by atoms with Gasteiger partial charge in [-0.1, -0.05) is 72.8 Å². The van der Waals surface area contributed by atoms with Crippen molar-refractivity contribution in [1.82, 2.24) is 0 Å². The number of halogens is 1. The number of fused-ring (bicyclic) bond motifs is 2. The second-order valence-electron chi connectivity index (χ2n) is 7.84. The first-order valence-corrected chi connectivity index (χ1v) is 11.8. The van der Waals surface area contributed by atoms with Crippen LogP contribution in [0, 0.1) is 5.82 Å². The monoisotopic (exact) mass is 334 g/mol. The Morgan fingerprint density at radius 2 is 1.42 bits per heavy atom. The van der Waals surface area contributed by atoms with Crippen LogP contribution in [0.3, 0.4) is 0 Å². The Morgan fingerprint density at radius 3 is 2.21 bits per heavy atom. The summed E-state index contributed by atoms with van der Waals surface area (Å²) in [6, 6.07) is 14.3. The molecule has 0 spiro atoms. The molecule has 24 heavy (non-hydrogen) atoms. The highest BCUT2D eigenvalue weighted by molar-refractivity contribution is 6.81. The summed E-state index contributed by atoms with van der Waals surface area (Å²) in [4.78, 5) is 0. The molecule has 2 atom stereocenters. The highest BCUT2D eigenvalue weighted by Crippen LogP contribution is 2.52. The first-order chi connectivity index (χ1) is 11.4. The van der Waals surface area contributed by atoms with Gasteiger partial charge in [-0.25, -0.2) is 4.39 Å². The van der Waals surface area contributed by atoms with Crippen molar-refractivity contribution in [2.24, 2.45) is 0 Å². The van der Waals surface area contributed by atoms with Crippen LogP contribution in [0.2, 0.25) is 13.1 Å². The van der Waals surface area contributed by atoms with Gasteiger partial charge in [0.1, 0.15) is 5.82 Å². The normalized spacial score (nSPS) is 22.0. The van der Waals surface area contributed by atoms with Gasteiger partial charge in [-0.2, -0.15) is 0 Å². The summed E-state index contributed by atoms with van der Waals surface area (Å²) in [7, 11) is -1.79. The average Bonchev–Trinajstić information content (AvgIpc) is 3.04. The minimum absolute atomic E-state index is 0.0850. The SMILES string of the molecule is CC1=Cc2ccccc2C1[Si](C)(C)C1C(C)=Cc2c(F)cccc21. The largest absolute Gasteiger partial charge is 0.206 e. The van der Waals surface area contributed by atoms with Crippen LogP contribution in [0.25, 0.3) is 12.2 Å². The zero-order chi connectivity index (χ0) is 17.1. The topological polar surface area (TPSA) is 0 Å². The fraction of sp³-hybridized carbons (Fsp3) is 0.273. The van der Waals surface area contributed by atoms with E-state index in [9.17, 15) is 4.39 Å². The smallest absolute Gasteiger partial charge is 0.130 e. The van der Waals surface area contributed by atoms with Crippen molar-refractivity contribution < 1.29 is 4.39 Å². The zero-order valence-electron chi connectivity index (χ0n) is 14.7. The number of hydrogen-bond acceptors (Lipinski definition) is 0. The van der Waals surface area contributed by atoms with E-state index >= 15 is 0 Å². The van der Waals surface area contributed by atoms with Gasteiger partial charge in [-0.3, -0.25) is 0 Å². The van der Waals surface area contributed by atoms with E-state index in [1.54, 1.807) is 6.07 Å². The Hall–Kier alpha value is -1.93. The van der Waals surface area contributed by atoms with E-state index < -0.39 is 8.07 Å². The standard InChI is InChI=1S/C22H23FSi/c1-14-12-16-8-5-6-9-17(16)21(14)24(3,4)22-15(2)13-19-18(22)10-7-11-20(19)23/h5-13,21-22H,1-4H3. The van der Waals surface area contributed by atoms with Crippen molar-refractivity contribution in [3.63, 3.8) is 0 Å². The van der Waals surface area contributed by atoms with Crippen molar-refractivity contribution in [3.05, 3.63) is 81.7 Å². The van der Waals surface area contributed by atoms with Crippen molar-refractivity contribution in [3.8, 4) is 0 Å². The lowest BCUT2D eigenvalue weighted by atomic mass is 10.1. The summed E-state index contributed by atoms with van der Waals surface area (Å²) >= 11 is 0. The molecule has 2 aliphatic carbocycles. The lowest BCUT2D eigenvalue weighted by molar-refractivity contribution is 0.624. The van der Waals surface area contributed by atoms with Crippen LogP contribution in [0.1, 0.15) is 47.2 Å². The molecular weight excluding hydrogens is 311 g/mol. The van der Waals surface area contributed by atoms with Crippen LogP contribution >= 0.6 is 0 Å². The van der Waals surface area contributed by atoms with Crippen LogP contribution in [-0.4, -0.2) is 8.07 Å². The number of benzene rings is 2. The van der Waals surface area contributed by atoms with E-state index in [0.29, 0.717) is 11.1 Å². The van der Waals surface area contributed by atoms with Crippen LogP contribution in [0.5, 0.6) is 0 Å². The second kappa shape index (κ2) is 5.28. The van der Waals surface area contributed by atoms with E-state index in [-0.39, 0.29) is 5.82 Å². The third-order valence-corrected chi connectivity index (χ3v) is 10.4. The van der Waals surface area contributed by atoms with Gasteiger partial charge < -0.3 is 0 Å². The van der Waals surface area contributed by atoms with E-state index in [1.165, 1.54) is 27.8 Å². The van der Waals surface area contributed by atoms with E-state index in [1.807, 2.05) is 6.07 Å². The average molecular weight is 335 g/mol. The molecule has 2 unspecified atom stereocenters. The second-order valence-corrected chi connectivity index (χ2v) is 12.6. The summed E-state index contributed by atoms with van der Waals surface area (Å²) in [6.45, 7) is 9.39. The molecule has 2 aromatic rings. The lowest BCUT2D eigenvalue weighted by Gasteiger charge is -2.39. The molecule has 2 heteroatoms. The van der Waals surface area contributed by atoms with Crippen molar-refractivity contribution in [2.75, 3.05) is 0 Å². The molecule has 0 bridgehead atoms. The molecule has 0 radical (unpaired) electrons. The molecular formula is C22H23FSi. The number of rotatable bonds is 2. The van der Waals surface area contributed by atoms with E-state index in [0.717, 1.165) is 5.56 Å². The highest BCUT2D eigenvalue weighted by Gasteiger charge is 2.46. The Bertz CT molecular complexity index is 889. The van der Waals surface area contributed by atoms with Crippen molar-refractivity contribution in [1.29, 1.82) is 0 Å². The van der Waals surface area contributed by atoms with Gasteiger partial charge in [-0.15, -0.1) is 0 Å². The predicted octanol–water partition coefficient (Wildman–Crippen LogP) is 6.31. The van der Waals surface area contributed by atoms with Gasteiger partial charge >= 0.3 is 0 Å². The molecule has 0 heterocycles. The Labute approximate surface area is 144 Å². The molecule has 2 aromatic carbocycles. The molecule has 4 rings (SSSR count). The molecule has 0 fully saturated rings. The maximum atomic E-state index is 14.3. The molecule has 0 N–H and O–H groups in total. The van der Waals surface area contributed by atoms with Crippen LogP contribution in [0.15, 0.2) is 53.6 Å². The summed E-state index contributed by atoms with van der Waals surface area (Å²) in [5, 5.41) is 0. The Balaban J connectivity index is 1.85. The molecule has 0 amide bonds. The molecule has 0 aromatic heterocycles. The number of allylic oxidation sites excluding steroid dienone is 2. The van der Waals surface area contributed by atoms with Gasteiger partial charge in [0.15, 0.2) is 0 Å². The van der Waals surface area contributed by atoms with Crippen LogP contribution in [-0.2, 0) is 0 Å². The molecule has 0 aliphatic heterocycles. The Kier molecular flexibility index (Phi) is 3.43. The fourth-order valence-corrected chi connectivity index (χ4v) is 10.1. The summed E-state index contributed by atoms with van der Waals surface area (Å²) < 4.78 is 14.3. The van der Waals surface area contributed by atoms with Gasteiger partial charge in [0, 0.05) is 16.6 Å².